The minimum absolute atomic E-state index is 0.0345. The van der Waals surface area contributed by atoms with Crippen molar-refractivity contribution in [3.05, 3.63) is 0 Å². The zero-order valence-electron chi connectivity index (χ0n) is 12.0. The van der Waals surface area contributed by atoms with Gasteiger partial charge in [0.1, 0.15) is 0 Å². The second-order valence-electron chi connectivity index (χ2n) is 6.09. The molecule has 1 atom stereocenters. The third-order valence-electron chi connectivity index (χ3n) is 3.21. The van der Waals surface area contributed by atoms with Crippen molar-refractivity contribution in [2.24, 2.45) is 0 Å². The first-order valence-corrected chi connectivity index (χ1v) is 8.28. The van der Waals surface area contributed by atoms with E-state index in [2.05, 4.69) is 5.32 Å². The third kappa shape index (κ3) is 5.46. The first kappa shape index (κ1) is 16.9. The molecule has 0 radical (unpaired) electrons. The van der Waals surface area contributed by atoms with Gasteiger partial charge in [0.25, 0.3) is 0 Å². The molecule has 1 saturated heterocycles. The summed E-state index contributed by atoms with van der Waals surface area (Å²) < 4.78 is 22.6. The maximum absolute atomic E-state index is 11.9. The van der Waals surface area contributed by atoms with Crippen molar-refractivity contribution in [3.8, 4) is 0 Å². The Morgan fingerprint density at radius 1 is 1.30 bits per heavy atom. The van der Waals surface area contributed by atoms with Crippen LogP contribution in [0.25, 0.3) is 0 Å². The Labute approximate surface area is 119 Å². The number of carboxylic acid groups (broad SMARTS) is 1. The smallest absolute Gasteiger partial charge is 0.317 e. The number of hydrogen-bond donors (Lipinski definition) is 2. The fourth-order valence-electron chi connectivity index (χ4n) is 2.05. The quantitative estimate of drug-likeness (QED) is 0.708. The van der Waals surface area contributed by atoms with E-state index in [0.29, 0.717) is 6.42 Å². The minimum atomic E-state index is -3.04. The predicted octanol–water partition coefficient (Wildman–Crippen LogP) is -0.525. The minimum Gasteiger partial charge on any atom is -0.480 e. The van der Waals surface area contributed by atoms with Crippen LogP contribution in [0.5, 0.6) is 0 Å². The Morgan fingerprint density at radius 2 is 1.90 bits per heavy atom. The Balaban J connectivity index is 2.57. The first-order chi connectivity index (χ1) is 8.99. The summed E-state index contributed by atoms with van der Waals surface area (Å²) in [5.41, 5.74) is -0.461. The van der Waals surface area contributed by atoms with Crippen molar-refractivity contribution in [2.75, 3.05) is 24.6 Å². The number of nitrogens with zero attached hydrogens (tertiary/aromatic N) is 1. The maximum Gasteiger partial charge on any atom is 0.317 e. The number of carboxylic acids is 1. The molecule has 1 heterocycles. The van der Waals surface area contributed by atoms with Gasteiger partial charge < -0.3 is 10.4 Å². The van der Waals surface area contributed by atoms with Crippen LogP contribution in [0.2, 0.25) is 0 Å². The molecule has 7 nitrogen and oxygen atoms in total. The maximum atomic E-state index is 11.9. The highest BCUT2D eigenvalue weighted by Crippen LogP contribution is 2.14. The number of carbonyl (C=O) groups is 2. The first-order valence-electron chi connectivity index (χ1n) is 6.46. The molecule has 0 bridgehead atoms. The van der Waals surface area contributed by atoms with Crippen molar-refractivity contribution in [1.29, 1.82) is 0 Å². The zero-order chi connectivity index (χ0) is 15.6. The van der Waals surface area contributed by atoms with Crippen molar-refractivity contribution in [1.82, 2.24) is 10.2 Å². The summed E-state index contributed by atoms with van der Waals surface area (Å²) in [6.07, 6.45) is 0.419. The Kier molecular flexibility index (Phi) is 5.15. The van der Waals surface area contributed by atoms with Crippen molar-refractivity contribution in [3.63, 3.8) is 0 Å². The number of hydrogen-bond acceptors (Lipinski definition) is 5. The topological polar surface area (TPSA) is 104 Å². The summed E-state index contributed by atoms with van der Waals surface area (Å²) in [5, 5.41) is 11.5. The number of sulfone groups is 1. The lowest BCUT2D eigenvalue weighted by Gasteiger charge is -2.33. The van der Waals surface area contributed by atoms with Crippen LogP contribution >= 0.6 is 0 Å². The molecule has 0 aliphatic carbocycles. The average molecular weight is 306 g/mol. The predicted molar refractivity (Wildman–Crippen MR) is 74.2 cm³/mol. The van der Waals surface area contributed by atoms with Gasteiger partial charge in [-0.3, -0.25) is 14.5 Å². The van der Waals surface area contributed by atoms with Crippen LogP contribution < -0.4 is 5.32 Å². The van der Waals surface area contributed by atoms with Gasteiger partial charge in [0.2, 0.25) is 5.91 Å². The molecule has 1 unspecified atom stereocenters. The van der Waals surface area contributed by atoms with E-state index in [1.54, 1.807) is 0 Å². The van der Waals surface area contributed by atoms with Crippen LogP contribution in [0.1, 0.15) is 27.2 Å². The van der Waals surface area contributed by atoms with Crippen LogP contribution in [0.4, 0.5) is 0 Å². The highest BCUT2D eigenvalue weighted by atomic mass is 32.2. The van der Waals surface area contributed by atoms with Gasteiger partial charge in [0, 0.05) is 11.6 Å². The summed E-state index contributed by atoms with van der Waals surface area (Å²) in [5.74, 6) is -1.29. The lowest BCUT2D eigenvalue weighted by Crippen LogP contribution is -2.50. The molecule has 0 aromatic carbocycles. The molecule has 1 amide bonds. The van der Waals surface area contributed by atoms with Crippen LogP contribution in [0.15, 0.2) is 0 Å². The average Bonchev–Trinajstić information content (AvgIpc) is 2.54. The normalized spacial score (nSPS) is 21.9. The fourth-order valence-corrected chi connectivity index (χ4v) is 3.72. The monoisotopic (exact) mass is 306 g/mol. The van der Waals surface area contributed by atoms with Crippen LogP contribution in [0.3, 0.4) is 0 Å². The molecule has 1 aliphatic rings. The fraction of sp³-hybridized carbons (Fsp3) is 0.833. The van der Waals surface area contributed by atoms with Gasteiger partial charge in [0.15, 0.2) is 9.84 Å². The van der Waals surface area contributed by atoms with E-state index in [4.69, 9.17) is 5.11 Å². The number of amides is 1. The van der Waals surface area contributed by atoms with Crippen LogP contribution in [-0.4, -0.2) is 66.5 Å². The zero-order valence-corrected chi connectivity index (χ0v) is 12.9. The molecule has 116 valence electrons. The van der Waals surface area contributed by atoms with E-state index in [0.717, 1.165) is 0 Å². The molecule has 1 rings (SSSR count). The van der Waals surface area contributed by atoms with Crippen LogP contribution in [0, 0.1) is 0 Å². The van der Waals surface area contributed by atoms with Gasteiger partial charge >= 0.3 is 5.97 Å². The summed E-state index contributed by atoms with van der Waals surface area (Å²) in [6.45, 7) is 5.17. The van der Waals surface area contributed by atoms with Crippen molar-refractivity contribution >= 4 is 21.7 Å². The summed E-state index contributed by atoms with van der Waals surface area (Å²) in [6, 6.07) is -0.362. The van der Waals surface area contributed by atoms with Gasteiger partial charge in [-0.25, -0.2) is 8.42 Å². The van der Waals surface area contributed by atoms with Gasteiger partial charge in [-0.1, -0.05) is 0 Å². The lowest BCUT2D eigenvalue weighted by atomic mass is 10.1. The van der Waals surface area contributed by atoms with E-state index in [1.807, 2.05) is 20.8 Å². The number of nitrogens with one attached hydrogen (secondary N) is 1. The SMILES string of the molecule is CC(C)(C)N(CC(=O)O)CC(=O)NC1CCS(=O)(=O)C1. The molecular formula is C12H22N2O5S. The molecule has 0 saturated carbocycles. The Bertz CT molecular complexity index is 481. The lowest BCUT2D eigenvalue weighted by molar-refractivity contribution is -0.140. The summed E-state index contributed by atoms with van der Waals surface area (Å²) >= 11 is 0. The highest BCUT2D eigenvalue weighted by Gasteiger charge is 2.31. The third-order valence-corrected chi connectivity index (χ3v) is 4.97. The van der Waals surface area contributed by atoms with Gasteiger partial charge in [-0.05, 0) is 27.2 Å². The molecule has 1 fully saturated rings. The molecule has 0 aromatic rings. The van der Waals surface area contributed by atoms with Crippen molar-refractivity contribution in [2.45, 2.75) is 38.8 Å². The van der Waals surface area contributed by atoms with E-state index >= 15 is 0 Å². The number of carbonyl (C=O) groups excluding carboxylic acids is 1. The van der Waals surface area contributed by atoms with Gasteiger partial charge in [-0.15, -0.1) is 0 Å². The number of rotatable bonds is 5. The molecule has 0 spiro atoms. The molecule has 1 aliphatic heterocycles. The van der Waals surface area contributed by atoms with E-state index < -0.39 is 21.3 Å². The molecule has 0 aromatic heterocycles. The second-order valence-corrected chi connectivity index (χ2v) is 8.32. The molecule has 8 heteroatoms. The van der Waals surface area contributed by atoms with E-state index in [9.17, 15) is 18.0 Å². The summed E-state index contributed by atoms with van der Waals surface area (Å²) in [7, 11) is -3.04. The standard InChI is InChI=1S/C12H22N2O5S/c1-12(2,3)14(7-11(16)17)6-10(15)13-9-4-5-20(18,19)8-9/h9H,4-8H2,1-3H3,(H,13,15)(H,16,17). The molecule has 2 N–H and O–H groups in total. The Morgan fingerprint density at radius 3 is 2.30 bits per heavy atom. The number of aliphatic carboxylic acids is 1. The Hall–Kier alpha value is -1.15. The highest BCUT2D eigenvalue weighted by molar-refractivity contribution is 7.91. The van der Waals surface area contributed by atoms with Gasteiger partial charge in [0.05, 0.1) is 24.6 Å². The van der Waals surface area contributed by atoms with Crippen LogP contribution in [-0.2, 0) is 19.4 Å². The molecular weight excluding hydrogens is 284 g/mol. The largest absolute Gasteiger partial charge is 0.480 e. The van der Waals surface area contributed by atoms with E-state index in [1.165, 1.54) is 4.90 Å². The van der Waals surface area contributed by atoms with Gasteiger partial charge in [-0.2, -0.15) is 0 Å². The summed E-state index contributed by atoms with van der Waals surface area (Å²) in [4.78, 5) is 24.3. The second kappa shape index (κ2) is 6.09. The van der Waals surface area contributed by atoms with Crippen molar-refractivity contribution < 1.29 is 23.1 Å². The van der Waals surface area contributed by atoms with E-state index in [-0.39, 0.29) is 36.5 Å². The molecule has 20 heavy (non-hydrogen) atoms.